The Balaban J connectivity index is 1.70. The van der Waals surface area contributed by atoms with Gasteiger partial charge in [0.1, 0.15) is 23.7 Å². The maximum absolute atomic E-state index is 12.8. The number of hydrogen-bond acceptors (Lipinski definition) is 6. The number of pyridine rings is 1. The Morgan fingerprint density at radius 3 is 2.67 bits per heavy atom. The van der Waals surface area contributed by atoms with E-state index in [2.05, 4.69) is 36.8 Å². The van der Waals surface area contributed by atoms with Crippen LogP contribution >= 0.6 is 0 Å². The molecule has 7 nitrogen and oxygen atoms in total. The second-order valence-electron chi connectivity index (χ2n) is 7.87. The van der Waals surface area contributed by atoms with Crippen LogP contribution in [-0.2, 0) is 0 Å². The van der Waals surface area contributed by atoms with E-state index in [1.54, 1.807) is 4.57 Å². The highest BCUT2D eigenvalue weighted by Gasteiger charge is 2.31. The molecule has 0 bridgehead atoms. The van der Waals surface area contributed by atoms with Gasteiger partial charge in [0.15, 0.2) is 5.65 Å². The summed E-state index contributed by atoms with van der Waals surface area (Å²) >= 11 is 0. The van der Waals surface area contributed by atoms with E-state index in [4.69, 9.17) is 0 Å². The Kier molecular flexibility index (Phi) is 5.37. The van der Waals surface area contributed by atoms with Gasteiger partial charge in [0.05, 0.1) is 5.39 Å². The van der Waals surface area contributed by atoms with Crippen molar-refractivity contribution < 1.29 is 17.9 Å². The molecule has 0 saturated carbocycles. The van der Waals surface area contributed by atoms with Gasteiger partial charge in [-0.15, -0.1) is 13.2 Å². The molecule has 1 aliphatic rings. The topological polar surface area (TPSA) is 68.1 Å². The van der Waals surface area contributed by atoms with Crippen molar-refractivity contribution in [3.8, 4) is 22.7 Å². The molecular weight excluding hydrogens is 433 g/mol. The van der Waals surface area contributed by atoms with Crippen molar-refractivity contribution in [1.82, 2.24) is 24.8 Å². The summed E-state index contributed by atoms with van der Waals surface area (Å²) in [6.45, 7) is 4.50. The van der Waals surface area contributed by atoms with Crippen molar-refractivity contribution in [2.24, 2.45) is 0 Å². The van der Waals surface area contributed by atoms with Gasteiger partial charge < -0.3 is 15.0 Å². The molecule has 4 heterocycles. The number of anilines is 1. The second kappa shape index (κ2) is 8.36. The second-order valence-corrected chi connectivity index (χ2v) is 7.87. The lowest BCUT2D eigenvalue weighted by Gasteiger charge is -2.33. The normalized spacial score (nSPS) is 16.8. The summed E-state index contributed by atoms with van der Waals surface area (Å²) < 4.78 is 44.1. The SMILES string of the molecule is CC1CN(c2ncnc3c2c(-c2ccccc2)cn3-c2cc(OC(F)(F)F)ccn2)CCN1. The first kappa shape index (κ1) is 21.2. The zero-order valence-corrected chi connectivity index (χ0v) is 17.8. The zero-order chi connectivity index (χ0) is 23.0. The monoisotopic (exact) mass is 454 g/mol. The van der Waals surface area contributed by atoms with E-state index < -0.39 is 6.36 Å². The Hall–Kier alpha value is -3.66. The fourth-order valence-corrected chi connectivity index (χ4v) is 4.15. The maximum Gasteiger partial charge on any atom is 0.573 e. The van der Waals surface area contributed by atoms with Crippen molar-refractivity contribution in [2.45, 2.75) is 19.3 Å². The smallest absolute Gasteiger partial charge is 0.406 e. The van der Waals surface area contributed by atoms with Crippen LogP contribution in [-0.4, -0.2) is 51.6 Å². The standard InChI is InChI=1S/C23H21F3N6O/c1-15-12-31(10-9-27-15)21-20-18(16-5-3-2-4-6-16)13-32(22(20)30-14-29-21)19-11-17(7-8-28-19)33-23(24,25)26/h2-8,11,13-15,27H,9-10,12H2,1H3. The minimum Gasteiger partial charge on any atom is -0.406 e. The third-order valence-corrected chi connectivity index (χ3v) is 5.51. The number of piperazine rings is 1. The number of halogens is 3. The summed E-state index contributed by atoms with van der Waals surface area (Å²) in [4.78, 5) is 15.6. The van der Waals surface area contributed by atoms with Crippen molar-refractivity contribution in [3.63, 3.8) is 0 Å². The van der Waals surface area contributed by atoms with Gasteiger partial charge in [-0.1, -0.05) is 30.3 Å². The molecule has 3 aromatic heterocycles. The van der Waals surface area contributed by atoms with E-state index in [1.807, 2.05) is 36.5 Å². The van der Waals surface area contributed by atoms with Crippen LogP contribution in [0.4, 0.5) is 19.0 Å². The Morgan fingerprint density at radius 2 is 1.91 bits per heavy atom. The Bertz CT molecular complexity index is 1270. The van der Waals surface area contributed by atoms with Gasteiger partial charge in [-0.2, -0.15) is 0 Å². The quantitative estimate of drug-likeness (QED) is 0.499. The van der Waals surface area contributed by atoms with Crippen LogP contribution in [0.2, 0.25) is 0 Å². The predicted octanol–water partition coefficient (Wildman–Crippen LogP) is 4.18. The number of aromatic nitrogens is 4. The molecule has 1 N–H and O–H groups in total. The van der Waals surface area contributed by atoms with Gasteiger partial charge in [-0.25, -0.2) is 15.0 Å². The fourth-order valence-electron chi connectivity index (χ4n) is 4.15. The van der Waals surface area contributed by atoms with Gasteiger partial charge in [0.2, 0.25) is 0 Å². The number of ether oxygens (including phenoxy) is 1. The average Bonchev–Trinajstić information content (AvgIpc) is 3.19. The maximum atomic E-state index is 12.8. The molecule has 0 spiro atoms. The summed E-state index contributed by atoms with van der Waals surface area (Å²) in [6, 6.07) is 12.5. The van der Waals surface area contributed by atoms with Crippen LogP contribution < -0.4 is 15.0 Å². The molecule has 0 radical (unpaired) electrons. The van der Waals surface area contributed by atoms with Crippen LogP contribution in [0, 0.1) is 0 Å². The van der Waals surface area contributed by atoms with Crippen LogP contribution in [0.25, 0.3) is 28.0 Å². The molecule has 170 valence electrons. The molecule has 1 aliphatic heterocycles. The molecule has 33 heavy (non-hydrogen) atoms. The Morgan fingerprint density at radius 1 is 1.09 bits per heavy atom. The highest BCUT2D eigenvalue weighted by atomic mass is 19.4. The molecular formula is C23H21F3N6O. The predicted molar refractivity (Wildman–Crippen MR) is 118 cm³/mol. The molecule has 1 fully saturated rings. The molecule has 1 aromatic carbocycles. The first-order valence-electron chi connectivity index (χ1n) is 10.5. The highest BCUT2D eigenvalue weighted by molar-refractivity contribution is 6.02. The molecule has 10 heteroatoms. The number of fused-ring (bicyclic) bond motifs is 1. The average molecular weight is 454 g/mol. The van der Waals surface area contributed by atoms with Gasteiger partial charge >= 0.3 is 6.36 Å². The summed E-state index contributed by atoms with van der Waals surface area (Å²) in [6.07, 6.45) is -0.194. The third-order valence-electron chi connectivity index (χ3n) is 5.51. The van der Waals surface area contributed by atoms with Crippen molar-refractivity contribution >= 4 is 16.9 Å². The highest BCUT2D eigenvalue weighted by Crippen LogP contribution is 2.37. The van der Waals surface area contributed by atoms with Crippen LogP contribution in [0.3, 0.4) is 0 Å². The number of alkyl halides is 3. The number of hydrogen-bond donors (Lipinski definition) is 1. The van der Waals surface area contributed by atoms with Crippen molar-refractivity contribution in [2.75, 3.05) is 24.5 Å². The van der Waals surface area contributed by atoms with E-state index in [9.17, 15) is 13.2 Å². The molecule has 5 rings (SSSR count). The lowest BCUT2D eigenvalue weighted by molar-refractivity contribution is -0.274. The van der Waals surface area contributed by atoms with Gasteiger partial charge in [-0.3, -0.25) is 4.57 Å². The van der Waals surface area contributed by atoms with E-state index in [0.29, 0.717) is 11.7 Å². The van der Waals surface area contributed by atoms with E-state index in [1.165, 1.54) is 24.7 Å². The minimum atomic E-state index is -4.79. The number of rotatable bonds is 4. The Labute approximate surface area is 187 Å². The third kappa shape index (κ3) is 4.34. The summed E-state index contributed by atoms with van der Waals surface area (Å²) in [5.41, 5.74) is 2.38. The number of nitrogens with zero attached hydrogens (tertiary/aromatic N) is 5. The largest absolute Gasteiger partial charge is 0.573 e. The van der Waals surface area contributed by atoms with E-state index in [0.717, 1.165) is 42.0 Å². The van der Waals surface area contributed by atoms with E-state index in [-0.39, 0.29) is 11.6 Å². The lowest BCUT2D eigenvalue weighted by atomic mass is 10.1. The summed E-state index contributed by atoms with van der Waals surface area (Å²) in [5.74, 6) is 0.705. The van der Waals surface area contributed by atoms with Gasteiger partial charge in [-0.05, 0) is 18.6 Å². The van der Waals surface area contributed by atoms with E-state index >= 15 is 0 Å². The van der Waals surface area contributed by atoms with Gasteiger partial charge in [0.25, 0.3) is 0 Å². The molecule has 1 saturated heterocycles. The van der Waals surface area contributed by atoms with Crippen LogP contribution in [0.5, 0.6) is 5.75 Å². The van der Waals surface area contributed by atoms with Crippen LogP contribution in [0.1, 0.15) is 6.92 Å². The van der Waals surface area contributed by atoms with Gasteiger partial charge in [0, 0.05) is 49.7 Å². The molecule has 1 atom stereocenters. The molecule has 0 aliphatic carbocycles. The zero-order valence-electron chi connectivity index (χ0n) is 17.8. The number of benzene rings is 1. The van der Waals surface area contributed by atoms with Crippen molar-refractivity contribution in [1.29, 1.82) is 0 Å². The first-order chi connectivity index (χ1) is 15.9. The molecule has 0 amide bonds. The molecule has 1 unspecified atom stereocenters. The minimum absolute atomic E-state index is 0.266. The summed E-state index contributed by atoms with van der Waals surface area (Å²) in [7, 11) is 0. The van der Waals surface area contributed by atoms with Crippen molar-refractivity contribution in [3.05, 3.63) is 61.2 Å². The summed E-state index contributed by atoms with van der Waals surface area (Å²) in [5, 5.41) is 4.25. The number of nitrogens with one attached hydrogen (secondary N) is 1. The lowest BCUT2D eigenvalue weighted by Crippen LogP contribution is -2.49. The first-order valence-corrected chi connectivity index (χ1v) is 10.5. The molecule has 4 aromatic rings. The van der Waals surface area contributed by atoms with Crippen LogP contribution in [0.15, 0.2) is 61.2 Å². The fraction of sp³-hybridized carbons (Fsp3) is 0.261.